The summed E-state index contributed by atoms with van der Waals surface area (Å²) in [5.41, 5.74) is 0.307. The Morgan fingerprint density at radius 1 is 1.41 bits per heavy atom. The number of hydrogen-bond donors (Lipinski definition) is 1. The first-order valence-electron chi connectivity index (χ1n) is 7.60. The molecule has 2 heterocycles. The predicted octanol–water partition coefficient (Wildman–Crippen LogP) is 2.48. The Morgan fingerprint density at radius 2 is 2.23 bits per heavy atom. The number of amides is 1. The van der Waals surface area contributed by atoms with Gasteiger partial charge in [0.05, 0.1) is 23.3 Å². The Bertz CT molecular complexity index is 568. The van der Waals surface area contributed by atoms with E-state index in [2.05, 4.69) is 0 Å². The molecular formula is C16H19ClFNO3. The van der Waals surface area contributed by atoms with Gasteiger partial charge in [-0.25, -0.2) is 4.39 Å². The van der Waals surface area contributed by atoms with Gasteiger partial charge >= 0.3 is 0 Å². The van der Waals surface area contributed by atoms with Crippen molar-refractivity contribution in [3.05, 3.63) is 34.6 Å². The number of benzene rings is 1. The molecule has 0 aliphatic carbocycles. The summed E-state index contributed by atoms with van der Waals surface area (Å²) in [5, 5.41) is 10.3. The van der Waals surface area contributed by atoms with E-state index in [9.17, 15) is 14.3 Å². The quantitative estimate of drug-likeness (QED) is 0.908. The highest BCUT2D eigenvalue weighted by Crippen LogP contribution is 2.32. The van der Waals surface area contributed by atoms with Gasteiger partial charge in [-0.1, -0.05) is 11.6 Å². The molecule has 1 amide bonds. The van der Waals surface area contributed by atoms with Crippen LogP contribution in [0.4, 0.5) is 4.39 Å². The van der Waals surface area contributed by atoms with E-state index in [1.54, 1.807) is 4.90 Å². The van der Waals surface area contributed by atoms with Crippen molar-refractivity contribution >= 4 is 17.5 Å². The summed E-state index contributed by atoms with van der Waals surface area (Å²) in [6.07, 6.45) is 1.88. The number of carbonyl (C=O) groups excluding carboxylic acids is 1. The lowest BCUT2D eigenvalue weighted by Gasteiger charge is -2.37. The fourth-order valence-electron chi connectivity index (χ4n) is 3.42. The van der Waals surface area contributed by atoms with Crippen molar-refractivity contribution in [2.45, 2.75) is 31.4 Å². The maximum Gasteiger partial charge on any atom is 0.255 e. The maximum absolute atomic E-state index is 13.1. The first-order valence-corrected chi connectivity index (χ1v) is 7.97. The van der Waals surface area contributed by atoms with Crippen LogP contribution in [0.5, 0.6) is 0 Å². The van der Waals surface area contributed by atoms with Crippen LogP contribution in [-0.4, -0.2) is 47.8 Å². The van der Waals surface area contributed by atoms with Crippen molar-refractivity contribution in [2.24, 2.45) is 5.92 Å². The number of aliphatic hydroxyl groups excluding tert-OH is 1. The van der Waals surface area contributed by atoms with E-state index in [-0.39, 0.29) is 22.9 Å². The molecule has 6 heteroatoms. The monoisotopic (exact) mass is 327 g/mol. The summed E-state index contributed by atoms with van der Waals surface area (Å²) >= 11 is 6.00. The Balaban J connectivity index is 1.81. The van der Waals surface area contributed by atoms with E-state index in [1.165, 1.54) is 12.1 Å². The van der Waals surface area contributed by atoms with Crippen LogP contribution in [0.2, 0.25) is 5.02 Å². The number of rotatable bonds is 2. The van der Waals surface area contributed by atoms with Crippen molar-refractivity contribution in [2.75, 3.05) is 19.8 Å². The summed E-state index contributed by atoms with van der Waals surface area (Å²) in [4.78, 5) is 14.5. The van der Waals surface area contributed by atoms with Gasteiger partial charge in [0.15, 0.2) is 0 Å². The molecule has 0 radical (unpaired) electrons. The van der Waals surface area contributed by atoms with Crippen LogP contribution in [0.15, 0.2) is 18.2 Å². The van der Waals surface area contributed by atoms with E-state index < -0.39 is 11.9 Å². The van der Waals surface area contributed by atoms with Crippen LogP contribution in [0.25, 0.3) is 0 Å². The minimum atomic E-state index is -0.462. The third-order valence-corrected chi connectivity index (χ3v) is 4.89. The summed E-state index contributed by atoms with van der Waals surface area (Å²) in [7, 11) is 0. The van der Waals surface area contributed by atoms with Crippen molar-refractivity contribution < 1.29 is 19.0 Å². The Morgan fingerprint density at radius 3 is 2.95 bits per heavy atom. The molecule has 0 saturated carbocycles. The number of ether oxygens (including phenoxy) is 1. The SMILES string of the molecule is O=C(c1ccc(F)cc1Cl)N1CCCC1C1COCCC1O. The number of halogens is 2. The minimum Gasteiger partial charge on any atom is -0.393 e. The number of carbonyl (C=O) groups is 1. The number of likely N-dealkylation sites (tertiary alicyclic amines) is 1. The van der Waals surface area contributed by atoms with Crippen molar-refractivity contribution in [3.8, 4) is 0 Å². The fraction of sp³-hybridized carbons (Fsp3) is 0.562. The third-order valence-electron chi connectivity index (χ3n) is 4.58. The van der Waals surface area contributed by atoms with Crippen LogP contribution in [0.1, 0.15) is 29.6 Å². The Labute approximate surface area is 133 Å². The molecule has 22 heavy (non-hydrogen) atoms. The van der Waals surface area contributed by atoms with Gasteiger partial charge in [0, 0.05) is 25.1 Å². The highest BCUT2D eigenvalue weighted by molar-refractivity contribution is 6.33. The third kappa shape index (κ3) is 2.98. The highest BCUT2D eigenvalue weighted by atomic mass is 35.5. The van der Waals surface area contributed by atoms with Crippen molar-refractivity contribution in [3.63, 3.8) is 0 Å². The number of aliphatic hydroxyl groups is 1. The van der Waals surface area contributed by atoms with Crippen molar-refractivity contribution in [1.82, 2.24) is 4.90 Å². The smallest absolute Gasteiger partial charge is 0.255 e. The Hall–Kier alpha value is -1.17. The van der Waals surface area contributed by atoms with Crippen LogP contribution in [0.3, 0.4) is 0 Å². The molecule has 4 nitrogen and oxygen atoms in total. The average molecular weight is 328 g/mol. The zero-order valence-corrected chi connectivity index (χ0v) is 12.9. The zero-order valence-electron chi connectivity index (χ0n) is 12.2. The number of hydrogen-bond acceptors (Lipinski definition) is 3. The average Bonchev–Trinajstić information content (AvgIpc) is 2.96. The lowest BCUT2D eigenvalue weighted by molar-refractivity contribution is -0.0589. The minimum absolute atomic E-state index is 0.0519. The van der Waals surface area contributed by atoms with Crippen LogP contribution < -0.4 is 0 Å². The highest BCUT2D eigenvalue weighted by Gasteiger charge is 2.40. The van der Waals surface area contributed by atoms with Crippen molar-refractivity contribution in [1.29, 1.82) is 0 Å². The molecule has 3 unspecified atom stereocenters. The van der Waals surface area contributed by atoms with Crippen LogP contribution in [-0.2, 0) is 4.74 Å². The summed E-state index contributed by atoms with van der Waals surface area (Å²) in [6.45, 7) is 1.65. The van der Waals surface area contributed by atoms with E-state index in [0.29, 0.717) is 31.7 Å². The summed E-state index contributed by atoms with van der Waals surface area (Å²) in [5.74, 6) is -0.736. The van der Waals surface area contributed by atoms with E-state index in [0.717, 1.165) is 18.9 Å². The lowest BCUT2D eigenvalue weighted by Crippen LogP contribution is -2.48. The normalized spacial score (nSPS) is 28.9. The molecule has 1 aromatic rings. The van der Waals surface area contributed by atoms with Crippen LogP contribution in [0, 0.1) is 11.7 Å². The largest absolute Gasteiger partial charge is 0.393 e. The Kier molecular flexibility index (Phi) is 4.66. The van der Waals surface area contributed by atoms with Gasteiger partial charge < -0.3 is 14.7 Å². The molecular weight excluding hydrogens is 309 g/mol. The lowest BCUT2D eigenvalue weighted by atomic mass is 9.89. The second-order valence-corrected chi connectivity index (χ2v) is 6.33. The van der Waals surface area contributed by atoms with Gasteiger partial charge in [-0.3, -0.25) is 4.79 Å². The molecule has 1 N–H and O–H groups in total. The molecule has 0 aromatic heterocycles. The molecule has 2 aliphatic rings. The molecule has 1 aromatic carbocycles. The second-order valence-electron chi connectivity index (χ2n) is 5.93. The zero-order chi connectivity index (χ0) is 15.7. The molecule has 2 saturated heterocycles. The molecule has 2 fully saturated rings. The fourth-order valence-corrected chi connectivity index (χ4v) is 3.67. The molecule has 3 rings (SSSR count). The van der Waals surface area contributed by atoms with E-state index in [1.807, 2.05) is 0 Å². The van der Waals surface area contributed by atoms with Gasteiger partial charge in [-0.15, -0.1) is 0 Å². The second kappa shape index (κ2) is 6.52. The number of nitrogens with zero attached hydrogens (tertiary/aromatic N) is 1. The van der Waals surface area contributed by atoms with Gasteiger partial charge in [-0.05, 0) is 37.5 Å². The summed E-state index contributed by atoms with van der Waals surface area (Å²) in [6, 6.07) is 3.76. The van der Waals surface area contributed by atoms with Crippen LogP contribution >= 0.6 is 11.6 Å². The van der Waals surface area contributed by atoms with Gasteiger partial charge in [0.25, 0.3) is 5.91 Å². The van der Waals surface area contributed by atoms with Gasteiger partial charge in [0.1, 0.15) is 5.82 Å². The van der Waals surface area contributed by atoms with E-state index >= 15 is 0 Å². The molecule has 0 bridgehead atoms. The first kappa shape index (κ1) is 15.7. The standard InChI is InChI=1S/C16H19ClFNO3/c17-13-8-10(18)3-4-11(13)16(21)19-6-1-2-14(19)12-9-22-7-5-15(12)20/h3-4,8,12,14-15,20H,1-2,5-7,9H2. The molecule has 3 atom stereocenters. The first-order chi connectivity index (χ1) is 10.6. The topological polar surface area (TPSA) is 49.8 Å². The summed E-state index contributed by atoms with van der Waals surface area (Å²) < 4.78 is 18.6. The van der Waals surface area contributed by atoms with Gasteiger partial charge in [-0.2, -0.15) is 0 Å². The van der Waals surface area contributed by atoms with E-state index in [4.69, 9.17) is 16.3 Å². The molecule has 2 aliphatic heterocycles. The predicted molar refractivity (Wildman–Crippen MR) is 80.4 cm³/mol. The molecule has 120 valence electrons. The maximum atomic E-state index is 13.1. The van der Waals surface area contributed by atoms with Gasteiger partial charge in [0.2, 0.25) is 0 Å². The molecule has 0 spiro atoms.